The van der Waals surface area contributed by atoms with Crippen molar-refractivity contribution >= 4 is 17.5 Å². The fourth-order valence-electron chi connectivity index (χ4n) is 2.83. The Balaban J connectivity index is 2.00. The quantitative estimate of drug-likeness (QED) is 0.841. The molecule has 5 heteroatoms. The summed E-state index contributed by atoms with van der Waals surface area (Å²) in [6.07, 6.45) is 2.09. The van der Waals surface area contributed by atoms with Gasteiger partial charge in [0.2, 0.25) is 11.8 Å². The van der Waals surface area contributed by atoms with Gasteiger partial charge >= 0.3 is 0 Å². The molecule has 0 spiro atoms. The van der Waals surface area contributed by atoms with Crippen molar-refractivity contribution in [1.29, 1.82) is 0 Å². The van der Waals surface area contributed by atoms with Crippen molar-refractivity contribution in [2.45, 2.75) is 46.1 Å². The molecule has 5 nitrogen and oxygen atoms in total. The summed E-state index contributed by atoms with van der Waals surface area (Å²) in [7, 11) is 0. The summed E-state index contributed by atoms with van der Waals surface area (Å²) in [5.74, 6) is 0.500. The lowest BCUT2D eigenvalue weighted by Crippen LogP contribution is -2.39. The molecule has 1 atom stereocenters. The number of carbonyl (C=O) groups excluding carboxylic acids is 2. The first-order valence-corrected chi connectivity index (χ1v) is 8.42. The molecule has 1 heterocycles. The first kappa shape index (κ1) is 17.3. The number of benzene rings is 1. The highest BCUT2D eigenvalue weighted by Gasteiger charge is 2.35. The van der Waals surface area contributed by atoms with Gasteiger partial charge in [0.1, 0.15) is 5.75 Å². The molecule has 1 aliphatic heterocycles. The van der Waals surface area contributed by atoms with E-state index in [2.05, 4.69) is 19.2 Å². The molecule has 1 unspecified atom stereocenters. The van der Waals surface area contributed by atoms with E-state index in [1.54, 1.807) is 4.90 Å². The number of hydrogen-bond donors (Lipinski definition) is 1. The van der Waals surface area contributed by atoms with E-state index in [1.807, 2.05) is 31.2 Å². The summed E-state index contributed by atoms with van der Waals surface area (Å²) in [4.78, 5) is 26.3. The normalized spacial score (nSPS) is 17.7. The zero-order chi connectivity index (χ0) is 16.8. The van der Waals surface area contributed by atoms with E-state index in [9.17, 15) is 9.59 Å². The lowest BCUT2D eigenvalue weighted by molar-refractivity contribution is -0.127. The van der Waals surface area contributed by atoms with Gasteiger partial charge in [0.15, 0.2) is 0 Å². The third-order valence-corrected chi connectivity index (χ3v) is 4.29. The Bertz CT molecular complexity index is 538. The molecule has 0 aromatic heterocycles. The number of anilines is 1. The van der Waals surface area contributed by atoms with Crippen molar-refractivity contribution in [3.8, 4) is 5.75 Å². The lowest BCUT2D eigenvalue weighted by atomic mass is 10.1. The average Bonchev–Trinajstić information content (AvgIpc) is 2.95. The number of nitrogens with one attached hydrogen (secondary N) is 1. The van der Waals surface area contributed by atoms with Gasteiger partial charge in [-0.05, 0) is 44.0 Å². The van der Waals surface area contributed by atoms with Crippen LogP contribution in [0.15, 0.2) is 24.3 Å². The van der Waals surface area contributed by atoms with E-state index in [0.29, 0.717) is 13.2 Å². The molecule has 1 aliphatic rings. The third kappa shape index (κ3) is 4.24. The summed E-state index contributed by atoms with van der Waals surface area (Å²) in [5.41, 5.74) is 0.816. The molecule has 2 rings (SSSR count). The summed E-state index contributed by atoms with van der Waals surface area (Å²) in [6.45, 7) is 7.10. The van der Waals surface area contributed by atoms with Crippen molar-refractivity contribution in [1.82, 2.24) is 5.32 Å². The molecular weight excluding hydrogens is 292 g/mol. The third-order valence-electron chi connectivity index (χ3n) is 4.29. The van der Waals surface area contributed by atoms with Crippen LogP contribution in [0, 0.1) is 5.92 Å². The van der Waals surface area contributed by atoms with E-state index in [4.69, 9.17) is 4.74 Å². The predicted molar refractivity (Wildman–Crippen MR) is 90.6 cm³/mol. The van der Waals surface area contributed by atoms with Gasteiger partial charge in [0, 0.05) is 24.7 Å². The van der Waals surface area contributed by atoms with Gasteiger partial charge in [-0.2, -0.15) is 0 Å². The summed E-state index contributed by atoms with van der Waals surface area (Å²) >= 11 is 0. The standard InChI is InChI=1S/C18H26N2O3/c1-4-14(5-2)19-18(22)13-11-17(21)20(12-13)15-7-9-16(10-8-15)23-6-3/h7-10,13-14H,4-6,11-12H2,1-3H3,(H,19,22). The molecule has 0 saturated carbocycles. The maximum atomic E-state index is 12.3. The monoisotopic (exact) mass is 318 g/mol. The van der Waals surface area contributed by atoms with Crippen LogP contribution in [-0.4, -0.2) is 31.0 Å². The van der Waals surface area contributed by atoms with E-state index in [-0.39, 0.29) is 30.2 Å². The number of carbonyl (C=O) groups is 2. The zero-order valence-corrected chi connectivity index (χ0v) is 14.2. The van der Waals surface area contributed by atoms with Gasteiger partial charge in [-0.3, -0.25) is 9.59 Å². The minimum atomic E-state index is -0.269. The Morgan fingerprint density at radius 3 is 2.48 bits per heavy atom. The summed E-state index contributed by atoms with van der Waals surface area (Å²) < 4.78 is 5.41. The largest absolute Gasteiger partial charge is 0.494 e. The van der Waals surface area contributed by atoms with Crippen molar-refractivity contribution < 1.29 is 14.3 Å². The van der Waals surface area contributed by atoms with Gasteiger partial charge < -0.3 is 15.0 Å². The van der Waals surface area contributed by atoms with Gasteiger partial charge in [0.25, 0.3) is 0 Å². The predicted octanol–water partition coefficient (Wildman–Crippen LogP) is 2.74. The molecular formula is C18H26N2O3. The highest BCUT2D eigenvalue weighted by molar-refractivity contribution is 6.00. The van der Waals surface area contributed by atoms with Crippen LogP contribution in [0.25, 0.3) is 0 Å². The van der Waals surface area contributed by atoms with E-state index in [0.717, 1.165) is 24.3 Å². The molecule has 1 aromatic rings. The number of ether oxygens (including phenoxy) is 1. The molecule has 0 bridgehead atoms. The first-order valence-electron chi connectivity index (χ1n) is 8.42. The minimum absolute atomic E-state index is 0.00106. The second kappa shape index (κ2) is 7.99. The van der Waals surface area contributed by atoms with Crippen LogP contribution >= 0.6 is 0 Å². The van der Waals surface area contributed by atoms with Gasteiger partial charge in [-0.25, -0.2) is 0 Å². The Morgan fingerprint density at radius 2 is 1.91 bits per heavy atom. The molecule has 1 aromatic carbocycles. The highest BCUT2D eigenvalue weighted by Crippen LogP contribution is 2.27. The van der Waals surface area contributed by atoms with Crippen LogP contribution in [0.3, 0.4) is 0 Å². The Hall–Kier alpha value is -2.04. The van der Waals surface area contributed by atoms with Crippen LogP contribution in [-0.2, 0) is 9.59 Å². The number of amides is 2. The summed E-state index contributed by atoms with van der Waals surface area (Å²) in [5, 5.41) is 3.04. The van der Waals surface area contributed by atoms with Crippen LogP contribution < -0.4 is 15.0 Å². The Morgan fingerprint density at radius 1 is 1.26 bits per heavy atom. The molecule has 23 heavy (non-hydrogen) atoms. The first-order chi connectivity index (χ1) is 11.1. The molecule has 1 fully saturated rings. The molecule has 0 radical (unpaired) electrons. The van der Waals surface area contributed by atoms with Crippen LogP contribution in [0.2, 0.25) is 0 Å². The van der Waals surface area contributed by atoms with Crippen LogP contribution in [0.4, 0.5) is 5.69 Å². The average molecular weight is 318 g/mol. The van der Waals surface area contributed by atoms with Crippen molar-refractivity contribution in [2.24, 2.45) is 5.92 Å². The van der Waals surface area contributed by atoms with E-state index >= 15 is 0 Å². The van der Waals surface area contributed by atoms with Gasteiger partial charge in [-0.15, -0.1) is 0 Å². The number of nitrogens with zero attached hydrogens (tertiary/aromatic N) is 1. The minimum Gasteiger partial charge on any atom is -0.494 e. The lowest BCUT2D eigenvalue weighted by Gasteiger charge is -2.19. The fraction of sp³-hybridized carbons (Fsp3) is 0.556. The van der Waals surface area contributed by atoms with Crippen LogP contribution in [0.1, 0.15) is 40.0 Å². The summed E-state index contributed by atoms with van der Waals surface area (Å²) in [6, 6.07) is 7.62. The number of hydrogen-bond acceptors (Lipinski definition) is 3. The smallest absolute Gasteiger partial charge is 0.227 e. The van der Waals surface area contributed by atoms with Crippen LogP contribution in [0.5, 0.6) is 5.75 Å². The topological polar surface area (TPSA) is 58.6 Å². The molecule has 1 saturated heterocycles. The SMILES string of the molecule is CCOc1ccc(N2CC(C(=O)NC(CC)CC)CC2=O)cc1. The van der Waals surface area contributed by atoms with Gasteiger partial charge in [-0.1, -0.05) is 13.8 Å². The maximum absolute atomic E-state index is 12.3. The second-order valence-corrected chi connectivity index (χ2v) is 5.85. The van der Waals surface area contributed by atoms with E-state index in [1.165, 1.54) is 0 Å². The Labute approximate surface area is 138 Å². The maximum Gasteiger partial charge on any atom is 0.227 e. The van der Waals surface area contributed by atoms with Crippen molar-refractivity contribution in [3.63, 3.8) is 0 Å². The number of rotatable bonds is 7. The molecule has 2 amide bonds. The molecule has 126 valence electrons. The molecule has 0 aliphatic carbocycles. The van der Waals surface area contributed by atoms with E-state index < -0.39 is 0 Å². The van der Waals surface area contributed by atoms with Gasteiger partial charge in [0.05, 0.1) is 12.5 Å². The van der Waals surface area contributed by atoms with Crippen molar-refractivity contribution in [3.05, 3.63) is 24.3 Å². The van der Waals surface area contributed by atoms with Crippen molar-refractivity contribution in [2.75, 3.05) is 18.1 Å². The highest BCUT2D eigenvalue weighted by atomic mass is 16.5. The molecule has 1 N–H and O–H groups in total. The fourth-order valence-corrected chi connectivity index (χ4v) is 2.83. The second-order valence-electron chi connectivity index (χ2n) is 5.85. The Kier molecular flexibility index (Phi) is 6.02. The zero-order valence-electron chi connectivity index (χ0n) is 14.2.